The summed E-state index contributed by atoms with van der Waals surface area (Å²) in [5, 5.41) is 11.7. The van der Waals surface area contributed by atoms with Gasteiger partial charge in [-0.15, -0.1) is 0 Å². The molecule has 0 unspecified atom stereocenters. The topological polar surface area (TPSA) is 87.6 Å². The highest BCUT2D eigenvalue weighted by Gasteiger charge is 2.19. The first kappa shape index (κ1) is 11.1. The molecule has 6 heteroatoms. The number of carbonyl (C=O) groups excluding carboxylic acids is 1. The average Bonchev–Trinajstić information content (AvgIpc) is 2.73. The number of aromatic nitrogens is 2. The molecule has 2 aromatic rings. The van der Waals surface area contributed by atoms with Crippen LogP contribution in [0.4, 0.5) is 0 Å². The molecule has 0 aliphatic carbocycles. The van der Waals surface area contributed by atoms with Crippen LogP contribution in [-0.4, -0.2) is 33.5 Å². The molecule has 0 aliphatic heterocycles. The molecular formula is C11H11N3O3. The van der Waals surface area contributed by atoms with Gasteiger partial charge in [0.25, 0.3) is 0 Å². The van der Waals surface area contributed by atoms with E-state index in [0.717, 1.165) is 5.52 Å². The number of fused-ring (bicyclic) bond motifs is 1. The molecule has 0 amide bonds. The van der Waals surface area contributed by atoms with Crippen LogP contribution in [0.5, 0.6) is 0 Å². The Balaban J connectivity index is 2.41. The monoisotopic (exact) mass is 233 g/mol. The van der Waals surface area contributed by atoms with E-state index in [1.807, 2.05) is 18.2 Å². The molecule has 6 nitrogen and oxygen atoms in total. The predicted octanol–water partition coefficient (Wildman–Crippen LogP) is 1.30. The minimum atomic E-state index is -0.714. The highest BCUT2D eigenvalue weighted by atomic mass is 16.5. The molecule has 0 radical (unpaired) electrons. The van der Waals surface area contributed by atoms with Crippen LogP contribution in [0.1, 0.15) is 12.7 Å². The summed E-state index contributed by atoms with van der Waals surface area (Å²) in [6.07, 6.45) is 0. The first-order chi connectivity index (χ1) is 8.26. The Bertz CT molecular complexity index is 541. The molecule has 17 heavy (non-hydrogen) atoms. The molecule has 2 rings (SSSR count). The van der Waals surface area contributed by atoms with Crippen LogP contribution < -0.4 is 0 Å². The number of carbonyl (C=O) groups is 1. The number of esters is 1. The van der Waals surface area contributed by atoms with Crippen molar-refractivity contribution >= 4 is 22.7 Å². The van der Waals surface area contributed by atoms with Crippen molar-refractivity contribution in [2.45, 2.75) is 6.92 Å². The largest absolute Gasteiger partial charge is 0.461 e. The van der Waals surface area contributed by atoms with Crippen LogP contribution in [-0.2, 0) is 9.53 Å². The molecule has 0 atom stereocenters. The van der Waals surface area contributed by atoms with Crippen molar-refractivity contribution < 1.29 is 14.7 Å². The Labute approximate surface area is 96.9 Å². The number of hydrogen-bond donors (Lipinski definition) is 2. The van der Waals surface area contributed by atoms with Gasteiger partial charge in [-0.05, 0) is 19.1 Å². The Kier molecular flexibility index (Phi) is 3.04. The van der Waals surface area contributed by atoms with E-state index in [9.17, 15) is 4.79 Å². The molecule has 88 valence electrons. The summed E-state index contributed by atoms with van der Waals surface area (Å²) in [5.74, 6) is -0.527. The van der Waals surface area contributed by atoms with Crippen LogP contribution in [0.25, 0.3) is 11.0 Å². The second kappa shape index (κ2) is 4.65. The molecule has 0 saturated heterocycles. The van der Waals surface area contributed by atoms with Crippen LogP contribution >= 0.6 is 0 Å². The first-order valence-corrected chi connectivity index (χ1v) is 5.10. The second-order valence-electron chi connectivity index (χ2n) is 3.27. The lowest BCUT2D eigenvalue weighted by Gasteiger charge is -2.00. The number of hydrogen-bond acceptors (Lipinski definition) is 5. The quantitative estimate of drug-likeness (QED) is 0.362. The average molecular weight is 233 g/mol. The minimum absolute atomic E-state index is 0.187. The number of benzene rings is 1. The molecule has 1 heterocycles. The van der Waals surface area contributed by atoms with E-state index in [2.05, 4.69) is 15.1 Å². The zero-order valence-electron chi connectivity index (χ0n) is 9.17. The van der Waals surface area contributed by atoms with Crippen molar-refractivity contribution in [2.24, 2.45) is 5.16 Å². The Morgan fingerprint density at radius 1 is 1.53 bits per heavy atom. The van der Waals surface area contributed by atoms with Crippen molar-refractivity contribution in [3.8, 4) is 0 Å². The van der Waals surface area contributed by atoms with E-state index >= 15 is 0 Å². The van der Waals surface area contributed by atoms with Gasteiger partial charge >= 0.3 is 5.97 Å². The smallest absolute Gasteiger partial charge is 0.364 e. The standard InChI is InChI=1S/C11H11N3O3/c1-2-17-11(15)9(14-16)10-12-7-5-3-4-6-8(7)13-10/h3-6,16H,2H2,1H3,(H,12,13). The summed E-state index contributed by atoms with van der Waals surface area (Å²) in [4.78, 5) is 18.5. The summed E-state index contributed by atoms with van der Waals surface area (Å²) in [6, 6.07) is 7.26. The van der Waals surface area contributed by atoms with Gasteiger partial charge in [0, 0.05) is 0 Å². The van der Waals surface area contributed by atoms with Crippen molar-refractivity contribution in [3.05, 3.63) is 30.1 Å². The summed E-state index contributed by atoms with van der Waals surface area (Å²) < 4.78 is 4.76. The SMILES string of the molecule is CCOC(=O)C(=NO)c1nc2ccccc2[nH]1. The maximum absolute atomic E-state index is 11.5. The molecule has 1 aromatic carbocycles. The fourth-order valence-electron chi connectivity index (χ4n) is 1.45. The summed E-state index contributed by atoms with van der Waals surface area (Å²) in [6.45, 7) is 1.88. The van der Waals surface area contributed by atoms with Crippen LogP contribution in [0.2, 0.25) is 0 Å². The second-order valence-corrected chi connectivity index (χ2v) is 3.27. The van der Waals surface area contributed by atoms with Crippen LogP contribution in [0, 0.1) is 0 Å². The lowest BCUT2D eigenvalue weighted by molar-refractivity contribution is -0.135. The van der Waals surface area contributed by atoms with Gasteiger partial charge in [0.1, 0.15) is 0 Å². The Morgan fingerprint density at radius 3 is 2.94 bits per heavy atom. The van der Waals surface area contributed by atoms with E-state index < -0.39 is 5.97 Å². The lowest BCUT2D eigenvalue weighted by Crippen LogP contribution is -2.20. The third-order valence-electron chi connectivity index (χ3n) is 2.18. The number of ether oxygens (including phenoxy) is 1. The lowest BCUT2D eigenvalue weighted by atomic mass is 10.3. The normalized spacial score (nSPS) is 11.7. The number of nitrogens with zero attached hydrogens (tertiary/aromatic N) is 2. The zero-order chi connectivity index (χ0) is 12.3. The summed E-state index contributed by atoms with van der Waals surface area (Å²) in [7, 11) is 0. The Hall–Kier alpha value is -2.37. The van der Waals surface area contributed by atoms with Gasteiger partial charge in [0.05, 0.1) is 17.6 Å². The van der Waals surface area contributed by atoms with E-state index in [-0.39, 0.29) is 18.1 Å². The van der Waals surface area contributed by atoms with Gasteiger partial charge < -0.3 is 14.9 Å². The van der Waals surface area contributed by atoms with Crippen molar-refractivity contribution in [2.75, 3.05) is 6.61 Å². The predicted molar refractivity (Wildman–Crippen MR) is 61.1 cm³/mol. The maximum atomic E-state index is 11.5. The number of rotatable bonds is 3. The maximum Gasteiger partial charge on any atom is 0.364 e. The molecule has 0 saturated carbocycles. The van der Waals surface area contributed by atoms with E-state index in [1.54, 1.807) is 13.0 Å². The van der Waals surface area contributed by atoms with Gasteiger partial charge in [-0.3, -0.25) is 0 Å². The van der Waals surface area contributed by atoms with Crippen molar-refractivity contribution in [1.82, 2.24) is 9.97 Å². The van der Waals surface area contributed by atoms with E-state index in [0.29, 0.717) is 5.52 Å². The third-order valence-corrected chi connectivity index (χ3v) is 2.18. The molecule has 0 bridgehead atoms. The number of para-hydroxylation sites is 2. The van der Waals surface area contributed by atoms with Gasteiger partial charge in [-0.25, -0.2) is 9.78 Å². The summed E-state index contributed by atoms with van der Waals surface area (Å²) >= 11 is 0. The number of oxime groups is 1. The molecule has 0 spiro atoms. The number of nitrogens with one attached hydrogen (secondary N) is 1. The molecule has 0 fully saturated rings. The first-order valence-electron chi connectivity index (χ1n) is 5.10. The molecule has 0 aliphatic rings. The third kappa shape index (κ3) is 2.10. The summed E-state index contributed by atoms with van der Waals surface area (Å²) in [5.41, 5.74) is 1.21. The fraction of sp³-hybridized carbons (Fsp3) is 0.182. The highest BCUT2D eigenvalue weighted by Crippen LogP contribution is 2.11. The van der Waals surface area contributed by atoms with Crippen molar-refractivity contribution in [3.63, 3.8) is 0 Å². The van der Waals surface area contributed by atoms with Crippen molar-refractivity contribution in [1.29, 1.82) is 0 Å². The van der Waals surface area contributed by atoms with E-state index in [1.165, 1.54) is 0 Å². The molecular weight excluding hydrogens is 222 g/mol. The van der Waals surface area contributed by atoms with Gasteiger partial charge in [0.15, 0.2) is 5.82 Å². The van der Waals surface area contributed by atoms with E-state index in [4.69, 9.17) is 9.94 Å². The number of aromatic amines is 1. The Morgan fingerprint density at radius 2 is 2.29 bits per heavy atom. The van der Waals surface area contributed by atoms with Gasteiger partial charge in [0.2, 0.25) is 5.71 Å². The molecule has 1 aromatic heterocycles. The van der Waals surface area contributed by atoms with Crippen LogP contribution in [0.3, 0.4) is 0 Å². The number of H-pyrrole nitrogens is 1. The van der Waals surface area contributed by atoms with Gasteiger partial charge in [-0.1, -0.05) is 17.3 Å². The minimum Gasteiger partial charge on any atom is -0.461 e. The number of imidazole rings is 1. The highest BCUT2D eigenvalue weighted by molar-refractivity contribution is 6.42. The van der Waals surface area contributed by atoms with Gasteiger partial charge in [-0.2, -0.15) is 0 Å². The fourth-order valence-corrected chi connectivity index (χ4v) is 1.45. The molecule has 2 N–H and O–H groups in total. The van der Waals surface area contributed by atoms with Crippen LogP contribution in [0.15, 0.2) is 29.4 Å². The zero-order valence-corrected chi connectivity index (χ0v) is 9.17.